The van der Waals surface area contributed by atoms with Gasteiger partial charge in [0.15, 0.2) is 0 Å². The molecule has 0 aromatic carbocycles. The minimum Gasteiger partial charge on any atom is -1.00 e. The van der Waals surface area contributed by atoms with Crippen LogP contribution in [0, 0.1) is 0 Å². The van der Waals surface area contributed by atoms with E-state index >= 15 is 0 Å². The predicted octanol–water partition coefficient (Wildman–Crippen LogP) is 3.76. The largest absolute Gasteiger partial charge is 1.00 e. The summed E-state index contributed by atoms with van der Waals surface area (Å²) in [5.74, 6) is 0. The molecular formula is C12H16Zr. The van der Waals surface area contributed by atoms with Gasteiger partial charge in [-0.15, -0.1) is 0 Å². The Morgan fingerprint density at radius 3 is 1.77 bits per heavy atom. The van der Waals surface area contributed by atoms with Crippen molar-refractivity contribution in [2.45, 2.75) is 26.7 Å². The van der Waals surface area contributed by atoms with Crippen molar-refractivity contribution < 1.29 is 26.1 Å². The van der Waals surface area contributed by atoms with Crippen molar-refractivity contribution in [3.8, 4) is 0 Å². The van der Waals surface area contributed by atoms with Gasteiger partial charge in [0.05, 0.1) is 0 Å². The molecule has 0 unspecified atom stereocenters. The van der Waals surface area contributed by atoms with Gasteiger partial charge in [-0.3, -0.25) is 0 Å². The molecule has 0 N–H and O–H groups in total. The maximum absolute atomic E-state index is 2.31. The normalized spacial score (nSPS) is 20.5. The van der Waals surface area contributed by atoms with Gasteiger partial charge in [0.25, 0.3) is 0 Å². The van der Waals surface area contributed by atoms with Crippen molar-refractivity contribution in [2.24, 2.45) is 0 Å². The Hall–Kier alpha value is -0.157. The predicted molar refractivity (Wildman–Crippen MR) is 55.1 cm³/mol. The molecule has 0 aromatic heterocycles. The summed E-state index contributed by atoms with van der Waals surface area (Å²) in [4.78, 5) is 0. The van der Waals surface area contributed by atoms with Crippen LogP contribution in [0.25, 0.3) is 0 Å². The van der Waals surface area contributed by atoms with Crippen molar-refractivity contribution in [1.29, 1.82) is 0 Å². The summed E-state index contributed by atoms with van der Waals surface area (Å²) in [7, 11) is 0. The summed E-state index contributed by atoms with van der Waals surface area (Å²) < 4.78 is 3.56. The van der Waals surface area contributed by atoms with Gasteiger partial charge in [0, 0.05) is 0 Å². The number of rotatable bonds is 2. The smallest absolute Gasteiger partial charge is 1.00 e. The topological polar surface area (TPSA) is 0 Å². The molecular weight excluding hydrogens is 235 g/mol. The molecule has 0 bridgehead atoms. The van der Waals surface area contributed by atoms with E-state index in [1.807, 2.05) is 0 Å². The molecule has 0 saturated heterocycles. The first kappa shape index (κ1) is 9.40. The minimum absolute atomic E-state index is 0. The second kappa shape index (κ2) is 3.92. The van der Waals surface area contributed by atoms with E-state index in [0.29, 0.717) is 0 Å². The zero-order valence-corrected chi connectivity index (χ0v) is 10.7. The fourth-order valence-corrected chi connectivity index (χ4v) is 5.07. The van der Waals surface area contributed by atoms with Gasteiger partial charge in [-0.05, 0) is 0 Å². The van der Waals surface area contributed by atoms with Crippen LogP contribution in [0.5, 0.6) is 0 Å². The average molecular weight is 251 g/mol. The Kier molecular flexibility index (Phi) is 2.84. The first-order valence-electron chi connectivity index (χ1n) is 4.77. The van der Waals surface area contributed by atoms with E-state index in [4.69, 9.17) is 0 Å². The van der Waals surface area contributed by atoms with E-state index in [-0.39, 0.29) is 26.1 Å². The van der Waals surface area contributed by atoms with E-state index in [1.54, 1.807) is 17.7 Å². The maximum atomic E-state index is 2.31. The van der Waals surface area contributed by atoms with Crippen molar-refractivity contribution in [3.63, 3.8) is 0 Å². The van der Waals surface area contributed by atoms with Crippen LogP contribution in [0.3, 0.4) is 0 Å². The second-order valence-corrected chi connectivity index (χ2v) is 7.24. The van der Waals surface area contributed by atoms with Crippen LogP contribution in [-0.2, 0) is 23.2 Å². The van der Waals surface area contributed by atoms with Gasteiger partial charge < -0.3 is 2.85 Å². The summed E-state index contributed by atoms with van der Waals surface area (Å²) in [6.07, 6.45) is 11.7. The van der Waals surface area contributed by atoms with Gasteiger partial charge in [-0.2, -0.15) is 0 Å². The first-order valence-corrected chi connectivity index (χ1v) is 7.23. The van der Waals surface area contributed by atoms with Gasteiger partial charge in [0.2, 0.25) is 0 Å². The molecule has 0 spiro atoms. The first-order chi connectivity index (χ1) is 6.27. The fraction of sp³-hybridized carbons (Fsp3) is 0.333. The Labute approximate surface area is 94.6 Å². The van der Waals surface area contributed by atoms with Gasteiger partial charge in [-0.1, -0.05) is 0 Å². The van der Waals surface area contributed by atoms with Crippen molar-refractivity contribution >= 4 is 0 Å². The van der Waals surface area contributed by atoms with E-state index in [1.165, 1.54) is 12.8 Å². The van der Waals surface area contributed by atoms with Gasteiger partial charge in [-0.25, -0.2) is 0 Å². The number of hydrogen-bond donors (Lipinski definition) is 0. The molecule has 0 aromatic rings. The molecule has 2 aliphatic carbocycles. The maximum Gasteiger partial charge on any atom is -1.00 e. The second-order valence-electron chi connectivity index (χ2n) is 3.66. The molecule has 0 radical (unpaired) electrons. The van der Waals surface area contributed by atoms with Crippen molar-refractivity contribution in [1.82, 2.24) is 0 Å². The quantitative estimate of drug-likeness (QED) is 0.701. The zero-order valence-electron chi connectivity index (χ0n) is 10.2. The van der Waals surface area contributed by atoms with Crippen LogP contribution in [0.1, 0.15) is 29.5 Å². The zero-order chi connectivity index (χ0) is 9.26. The summed E-state index contributed by atoms with van der Waals surface area (Å²) in [5, 5.41) is 0. The molecule has 0 heterocycles. The monoisotopic (exact) mass is 250 g/mol. The Balaban J connectivity index is 0.000000980. The van der Waals surface area contributed by atoms with E-state index in [2.05, 4.69) is 38.2 Å². The molecule has 2 rings (SSSR count). The third-order valence-electron chi connectivity index (χ3n) is 2.63. The summed E-state index contributed by atoms with van der Waals surface area (Å²) >= 11 is -0.385. The molecule has 0 atom stereocenters. The van der Waals surface area contributed by atoms with Crippen LogP contribution >= 0.6 is 0 Å². The standard InChI is InChI=1S/2C6H7.Zr.2H/c2*1-6-4-2-3-5-6;;;/h2*2,4H,3H2,1H3;;;/q;;+2;2*-1. The third kappa shape index (κ3) is 2.02. The Bertz CT molecular complexity index is 315. The fourth-order valence-electron chi connectivity index (χ4n) is 1.71. The molecule has 0 fully saturated rings. The summed E-state index contributed by atoms with van der Waals surface area (Å²) in [5.41, 5.74) is 3.11. The van der Waals surface area contributed by atoms with Crippen LogP contribution in [0.2, 0.25) is 0 Å². The summed E-state index contributed by atoms with van der Waals surface area (Å²) in [6.45, 7) is 4.52. The molecule has 0 amide bonds. The molecule has 0 saturated carbocycles. The molecule has 0 nitrogen and oxygen atoms in total. The Morgan fingerprint density at radius 2 is 1.46 bits per heavy atom. The van der Waals surface area contributed by atoms with Crippen molar-refractivity contribution in [2.75, 3.05) is 0 Å². The van der Waals surface area contributed by atoms with E-state index < -0.39 is 0 Å². The SMILES string of the molecule is CC1=[C]([Zr+2][C]2=C(C)C=CC2)CC=C1.[H-].[H-]. The third-order valence-corrected chi connectivity index (χ3v) is 7.06. The van der Waals surface area contributed by atoms with Crippen LogP contribution in [-0.4, -0.2) is 0 Å². The van der Waals surface area contributed by atoms with Crippen LogP contribution in [0.15, 0.2) is 42.0 Å². The van der Waals surface area contributed by atoms with Crippen LogP contribution < -0.4 is 0 Å². The average Bonchev–Trinajstić information content (AvgIpc) is 2.65. The molecule has 2 aliphatic rings. The molecule has 1 heteroatoms. The Morgan fingerprint density at radius 1 is 1.00 bits per heavy atom. The number of hydrogen-bond acceptors (Lipinski definition) is 0. The van der Waals surface area contributed by atoms with Crippen molar-refractivity contribution in [3.05, 3.63) is 42.0 Å². The van der Waals surface area contributed by atoms with E-state index in [0.717, 1.165) is 0 Å². The van der Waals surface area contributed by atoms with Gasteiger partial charge >= 0.3 is 91.9 Å². The number of allylic oxidation sites excluding steroid dienone is 8. The summed E-state index contributed by atoms with van der Waals surface area (Å²) in [6, 6.07) is 0. The van der Waals surface area contributed by atoms with Gasteiger partial charge in [0.1, 0.15) is 0 Å². The van der Waals surface area contributed by atoms with Crippen LogP contribution in [0.4, 0.5) is 0 Å². The molecule has 13 heavy (non-hydrogen) atoms. The molecule has 0 aliphatic heterocycles. The molecule has 68 valence electrons. The van der Waals surface area contributed by atoms with E-state index in [9.17, 15) is 0 Å². The minimum atomic E-state index is -0.385.